The Labute approximate surface area is 68.5 Å². The fourth-order valence-electron chi connectivity index (χ4n) is 0.898. The van der Waals surface area contributed by atoms with Crippen molar-refractivity contribution in [1.82, 2.24) is 4.98 Å². The third-order valence-electron chi connectivity index (χ3n) is 1.66. The molecule has 11 heavy (non-hydrogen) atoms. The van der Waals surface area contributed by atoms with Crippen LogP contribution in [0.15, 0.2) is 18.5 Å². The summed E-state index contributed by atoms with van der Waals surface area (Å²) in [4.78, 5) is 4.09. The van der Waals surface area contributed by atoms with Gasteiger partial charge >= 0.3 is 0 Å². The molecule has 1 aromatic rings. The van der Waals surface area contributed by atoms with E-state index in [-0.39, 0.29) is 5.41 Å². The van der Waals surface area contributed by atoms with Crippen LogP contribution in [0.3, 0.4) is 0 Å². The first-order valence-electron chi connectivity index (χ1n) is 3.77. The molecule has 0 aliphatic carbocycles. The Bertz CT molecular complexity index is 245. The Hall–Kier alpha value is -0.850. The van der Waals surface area contributed by atoms with Gasteiger partial charge in [0.2, 0.25) is 0 Å². The molecule has 1 rings (SSSR count). The number of rotatable bonds is 0. The van der Waals surface area contributed by atoms with Gasteiger partial charge in [0.15, 0.2) is 0 Å². The maximum absolute atomic E-state index is 4.09. The maximum Gasteiger partial charge on any atom is 0.0305 e. The second-order valence-electron chi connectivity index (χ2n) is 3.83. The molecule has 0 unspecified atom stereocenters. The molecule has 0 aromatic carbocycles. The molecule has 0 saturated heterocycles. The van der Waals surface area contributed by atoms with Crippen molar-refractivity contribution in [1.29, 1.82) is 0 Å². The molecule has 1 nitrogen and oxygen atoms in total. The van der Waals surface area contributed by atoms with E-state index in [9.17, 15) is 0 Å². The highest BCUT2D eigenvalue weighted by molar-refractivity contribution is 5.25. The molecular formula is C10H14N. The first-order valence-corrected chi connectivity index (χ1v) is 3.77. The molecule has 59 valence electrons. The van der Waals surface area contributed by atoms with Crippen molar-refractivity contribution in [3.05, 3.63) is 36.5 Å². The largest absolute Gasteiger partial charge is 0.264 e. The van der Waals surface area contributed by atoms with Gasteiger partial charge in [-0.05, 0) is 23.5 Å². The van der Waals surface area contributed by atoms with Crippen LogP contribution in [0, 0.1) is 6.92 Å². The molecule has 1 heteroatoms. The molecule has 0 bridgehead atoms. The lowest BCUT2D eigenvalue weighted by Gasteiger charge is -2.18. The monoisotopic (exact) mass is 148 g/mol. The zero-order valence-electron chi connectivity index (χ0n) is 7.39. The highest BCUT2D eigenvalue weighted by Gasteiger charge is 2.13. The molecule has 0 atom stereocenters. The normalized spacial score (nSPS) is 11.6. The van der Waals surface area contributed by atoms with E-state index in [0.717, 1.165) is 5.56 Å². The zero-order chi connectivity index (χ0) is 8.48. The van der Waals surface area contributed by atoms with E-state index >= 15 is 0 Å². The van der Waals surface area contributed by atoms with Crippen LogP contribution in [0.2, 0.25) is 0 Å². The van der Waals surface area contributed by atoms with E-state index in [4.69, 9.17) is 0 Å². The maximum atomic E-state index is 4.09. The molecule has 0 fully saturated rings. The number of hydrogen-bond donors (Lipinski definition) is 0. The van der Waals surface area contributed by atoms with Gasteiger partial charge < -0.3 is 0 Å². The standard InChI is InChI=1S/C10H14N/c1-8-5-9(7-11-6-8)10(2,3)4/h5-7H,1H2,2-4H3. The average molecular weight is 148 g/mol. The Balaban J connectivity index is 3.06. The van der Waals surface area contributed by atoms with Crippen molar-refractivity contribution in [3.63, 3.8) is 0 Å². The summed E-state index contributed by atoms with van der Waals surface area (Å²) in [5, 5.41) is 0. The van der Waals surface area contributed by atoms with Gasteiger partial charge in [-0.3, -0.25) is 4.98 Å². The molecular weight excluding hydrogens is 134 g/mol. The van der Waals surface area contributed by atoms with Crippen LogP contribution in [0.1, 0.15) is 31.9 Å². The van der Waals surface area contributed by atoms with Crippen molar-refractivity contribution in [2.45, 2.75) is 26.2 Å². The number of hydrogen-bond acceptors (Lipinski definition) is 1. The second kappa shape index (κ2) is 2.65. The Kier molecular flexibility index (Phi) is 1.99. The van der Waals surface area contributed by atoms with Gasteiger partial charge in [0, 0.05) is 12.4 Å². The summed E-state index contributed by atoms with van der Waals surface area (Å²) >= 11 is 0. The van der Waals surface area contributed by atoms with Crippen molar-refractivity contribution >= 4 is 0 Å². The summed E-state index contributed by atoms with van der Waals surface area (Å²) in [6.45, 7) is 10.3. The van der Waals surface area contributed by atoms with Crippen molar-refractivity contribution in [2.24, 2.45) is 0 Å². The average Bonchev–Trinajstić information content (AvgIpc) is 1.86. The molecule has 1 heterocycles. The van der Waals surface area contributed by atoms with Crippen LogP contribution < -0.4 is 0 Å². The van der Waals surface area contributed by atoms with Crippen molar-refractivity contribution in [3.8, 4) is 0 Å². The minimum absolute atomic E-state index is 0.181. The lowest BCUT2D eigenvalue weighted by atomic mass is 9.88. The molecule has 0 amide bonds. The Morgan fingerprint density at radius 1 is 1.27 bits per heavy atom. The smallest absolute Gasteiger partial charge is 0.0305 e. The summed E-state index contributed by atoms with van der Waals surface area (Å²) in [6.07, 6.45) is 3.67. The van der Waals surface area contributed by atoms with Crippen LogP contribution in [0.5, 0.6) is 0 Å². The number of nitrogens with zero attached hydrogens (tertiary/aromatic N) is 1. The predicted molar refractivity (Wildman–Crippen MR) is 47.4 cm³/mol. The Morgan fingerprint density at radius 3 is 2.27 bits per heavy atom. The fraction of sp³-hybridized carbons (Fsp3) is 0.400. The van der Waals surface area contributed by atoms with Gasteiger partial charge in [0.1, 0.15) is 0 Å². The number of pyridine rings is 1. The quantitative estimate of drug-likeness (QED) is 0.551. The highest BCUT2D eigenvalue weighted by atomic mass is 14.6. The van der Waals surface area contributed by atoms with Crippen molar-refractivity contribution in [2.75, 3.05) is 0 Å². The molecule has 1 aromatic heterocycles. The first kappa shape index (κ1) is 8.25. The van der Waals surface area contributed by atoms with E-state index in [1.807, 2.05) is 6.20 Å². The van der Waals surface area contributed by atoms with E-state index in [1.54, 1.807) is 6.20 Å². The van der Waals surface area contributed by atoms with Crippen LogP contribution >= 0.6 is 0 Å². The summed E-state index contributed by atoms with van der Waals surface area (Å²) in [5.74, 6) is 0. The summed E-state index contributed by atoms with van der Waals surface area (Å²) in [7, 11) is 0. The third kappa shape index (κ3) is 2.04. The van der Waals surface area contributed by atoms with Gasteiger partial charge in [-0.2, -0.15) is 0 Å². The topological polar surface area (TPSA) is 12.9 Å². The van der Waals surface area contributed by atoms with Gasteiger partial charge in [0.25, 0.3) is 0 Å². The molecule has 0 saturated carbocycles. The van der Waals surface area contributed by atoms with Gasteiger partial charge in [-0.15, -0.1) is 0 Å². The van der Waals surface area contributed by atoms with Crippen molar-refractivity contribution < 1.29 is 0 Å². The third-order valence-corrected chi connectivity index (χ3v) is 1.66. The van der Waals surface area contributed by atoms with E-state index in [0.29, 0.717) is 0 Å². The molecule has 1 radical (unpaired) electrons. The minimum atomic E-state index is 0.181. The lowest BCUT2D eigenvalue weighted by Crippen LogP contribution is -2.11. The number of aromatic nitrogens is 1. The summed E-state index contributed by atoms with van der Waals surface area (Å²) < 4.78 is 0. The van der Waals surface area contributed by atoms with Crippen LogP contribution in [0.4, 0.5) is 0 Å². The lowest BCUT2D eigenvalue weighted by molar-refractivity contribution is 0.587. The van der Waals surface area contributed by atoms with Crippen LogP contribution in [-0.2, 0) is 5.41 Å². The zero-order valence-corrected chi connectivity index (χ0v) is 7.39. The van der Waals surface area contributed by atoms with Gasteiger partial charge in [0.05, 0.1) is 0 Å². The highest BCUT2D eigenvalue weighted by Crippen LogP contribution is 2.21. The molecule has 0 N–H and O–H groups in total. The summed E-state index contributed by atoms with van der Waals surface area (Å²) in [5.41, 5.74) is 2.41. The molecule has 0 spiro atoms. The van der Waals surface area contributed by atoms with E-state index in [2.05, 4.69) is 38.7 Å². The van der Waals surface area contributed by atoms with E-state index < -0.39 is 0 Å². The van der Waals surface area contributed by atoms with Crippen LogP contribution in [0.25, 0.3) is 0 Å². The van der Waals surface area contributed by atoms with E-state index in [1.165, 1.54) is 5.56 Å². The SMILES string of the molecule is [CH2]c1cncc(C(C)(C)C)c1. The van der Waals surface area contributed by atoms with Crippen LogP contribution in [-0.4, -0.2) is 4.98 Å². The summed E-state index contributed by atoms with van der Waals surface area (Å²) in [6, 6.07) is 2.08. The molecule has 0 aliphatic rings. The molecule has 0 aliphatic heterocycles. The Morgan fingerprint density at radius 2 is 1.91 bits per heavy atom. The minimum Gasteiger partial charge on any atom is -0.264 e. The predicted octanol–water partition coefficient (Wildman–Crippen LogP) is 2.56. The first-order chi connectivity index (χ1) is 5.00. The van der Waals surface area contributed by atoms with Gasteiger partial charge in [-0.1, -0.05) is 26.8 Å². The van der Waals surface area contributed by atoms with Gasteiger partial charge in [-0.25, -0.2) is 0 Å². The fourth-order valence-corrected chi connectivity index (χ4v) is 0.898. The second-order valence-corrected chi connectivity index (χ2v) is 3.83.